The van der Waals surface area contributed by atoms with E-state index in [2.05, 4.69) is 26.7 Å². The van der Waals surface area contributed by atoms with E-state index in [0.717, 1.165) is 49.3 Å². The highest BCUT2D eigenvalue weighted by Gasteiger charge is 2.26. The molecule has 3 aromatic rings. The zero-order chi connectivity index (χ0) is 23.5. The second kappa shape index (κ2) is 10.1. The molecule has 2 aliphatic rings. The number of carbonyl (C=O) groups is 1. The summed E-state index contributed by atoms with van der Waals surface area (Å²) in [6.45, 7) is 5.15. The summed E-state index contributed by atoms with van der Waals surface area (Å²) in [4.78, 5) is 19.9. The average Bonchev–Trinajstić information content (AvgIpc) is 3.64. The van der Waals surface area contributed by atoms with Crippen LogP contribution in [0.25, 0.3) is 22.7 Å². The lowest BCUT2D eigenvalue weighted by Gasteiger charge is -2.23. The highest BCUT2D eigenvalue weighted by atomic mass is 19.1. The monoisotopic (exact) mass is 464 g/mol. The van der Waals surface area contributed by atoms with Crippen molar-refractivity contribution >= 4 is 5.91 Å². The molecule has 2 aromatic heterocycles. The molecular formula is C27H33FN4O2. The van der Waals surface area contributed by atoms with Gasteiger partial charge in [0, 0.05) is 24.2 Å². The normalized spacial score (nSPS) is 17.9. The maximum atomic E-state index is 13.5. The summed E-state index contributed by atoms with van der Waals surface area (Å²) in [7, 11) is 0. The molecule has 1 saturated carbocycles. The molecule has 5 rings (SSSR count). The number of nitrogens with zero attached hydrogens (tertiary/aromatic N) is 3. The number of imidazole rings is 1. The molecule has 180 valence electrons. The van der Waals surface area contributed by atoms with Gasteiger partial charge in [0.25, 0.3) is 5.91 Å². The predicted molar refractivity (Wildman–Crippen MR) is 130 cm³/mol. The third kappa shape index (κ3) is 4.80. The summed E-state index contributed by atoms with van der Waals surface area (Å²) in [5, 5.41) is 3.01. The van der Waals surface area contributed by atoms with E-state index >= 15 is 0 Å². The molecule has 1 amide bonds. The Morgan fingerprint density at radius 1 is 1.12 bits per heavy atom. The minimum absolute atomic E-state index is 0.199. The Morgan fingerprint density at radius 2 is 1.85 bits per heavy atom. The first-order valence-electron chi connectivity index (χ1n) is 12.6. The molecule has 3 heterocycles. The molecule has 1 aliphatic carbocycles. The quantitative estimate of drug-likeness (QED) is 0.467. The van der Waals surface area contributed by atoms with Gasteiger partial charge in [-0.15, -0.1) is 0 Å². The summed E-state index contributed by atoms with van der Waals surface area (Å²) in [5.41, 5.74) is 2.42. The van der Waals surface area contributed by atoms with E-state index in [0.29, 0.717) is 30.1 Å². The van der Waals surface area contributed by atoms with E-state index in [1.165, 1.54) is 37.8 Å². The van der Waals surface area contributed by atoms with E-state index in [9.17, 15) is 9.18 Å². The summed E-state index contributed by atoms with van der Waals surface area (Å²) in [5.74, 6) is 0.430. The number of furan rings is 1. The van der Waals surface area contributed by atoms with Crippen LogP contribution in [0.5, 0.6) is 0 Å². The van der Waals surface area contributed by atoms with Crippen LogP contribution >= 0.6 is 0 Å². The van der Waals surface area contributed by atoms with Gasteiger partial charge in [-0.05, 0) is 88.5 Å². The minimum atomic E-state index is -0.281. The standard InChI is InChI=1S/C27H33FN4O2/c1-19(31-16-4-5-17-31)14-15-29-27(33)24-13-12-23(34-24)26-25(20-8-10-21(28)11-9-20)30-18-32(26)22-6-2-3-7-22/h8-13,18-19,22H,2-7,14-17H2,1H3,(H,29,33). The third-order valence-corrected chi connectivity index (χ3v) is 7.30. The molecule has 1 aliphatic heterocycles. The van der Waals surface area contributed by atoms with Crippen LogP contribution in [0.2, 0.25) is 0 Å². The number of halogens is 1. The van der Waals surface area contributed by atoms with Gasteiger partial charge in [0.1, 0.15) is 11.5 Å². The summed E-state index contributed by atoms with van der Waals surface area (Å²) in [6.07, 6.45) is 9.87. The van der Waals surface area contributed by atoms with Crippen molar-refractivity contribution in [2.45, 2.75) is 64.0 Å². The molecule has 6 nitrogen and oxygen atoms in total. The highest BCUT2D eigenvalue weighted by molar-refractivity contribution is 5.92. The van der Waals surface area contributed by atoms with Crippen molar-refractivity contribution < 1.29 is 13.6 Å². The Kier molecular flexibility index (Phi) is 6.81. The molecule has 7 heteroatoms. The van der Waals surface area contributed by atoms with Gasteiger partial charge in [0.15, 0.2) is 11.5 Å². The van der Waals surface area contributed by atoms with Crippen molar-refractivity contribution in [3.05, 3.63) is 54.3 Å². The number of rotatable bonds is 8. The summed E-state index contributed by atoms with van der Waals surface area (Å²) in [6, 6.07) is 10.7. The van der Waals surface area contributed by atoms with Crippen molar-refractivity contribution in [3.63, 3.8) is 0 Å². The Morgan fingerprint density at radius 3 is 2.59 bits per heavy atom. The first-order chi connectivity index (χ1) is 16.6. The number of benzene rings is 1. The maximum Gasteiger partial charge on any atom is 0.287 e. The van der Waals surface area contributed by atoms with Crippen LogP contribution in [0, 0.1) is 5.82 Å². The fraction of sp³-hybridized carbons (Fsp3) is 0.481. The number of amides is 1. The van der Waals surface area contributed by atoms with Crippen molar-refractivity contribution in [1.82, 2.24) is 19.8 Å². The molecule has 0 spiro atoms. The van der Waals surface area contributed by atoms with Gasteiger partial charge < -0.3 is 19.2 Å². The Bertz CT molecular complexity index is 1110. The molecule has 0 bridgehead atoms. The van der Waals surface area contributed by atoms with Gasteiger partial charge >= 0.3 is 0 Å². The van der Waals surface area contributed by atoms with Gasteiger partial charge in [-0.2, -0.15) is 0 Å². The molecule has 1 saturated heterocycles. The van der Waals surface area contributed by atoms with Crippen LogP contribution in [0.3, 0.4) is 0 Å². The van der Waals surface area contributed by atoms with Crippen LogP contribution < -0.4 is 5.32 Å². The first-order valence-corrected chi connectivity index (χ1v) is 12.6. The van der Waals surface area contributed by atoms with Crippen LogP contribution in [0.1, 0.15) is 68.5 Å². The van der Waals surface area contributed by atoms with E-state index < -0.39 is 0 Å². The van der Waals surface area contributed by atoms with Crippen molar-refractivity contribution in [1.29, 1.82) is 0 Å². The van der Waals surface area contributed by atoms with Crippen LogP contribution in [0.4, 0.5) is 4.39 Å². The van der Waals surface area contributed by atoms with Crippen molar-refractivity contribution in [2.75, 3.05) is 19.6 Å². The lowest BCUT2D eigenvalue weighted by molar-refractivity contribution is 0.0922. The number of likely N-dealkylation sites (tertiary alicyclic amines) is 1. The largest absolute Gasteiger partial charge is 0.449 e. The van der Waals surface area contributed by atoms with Crippen LogP contribution in [-0.2, 0) is 0 Å². The molecule has 0 radical (unpaired) electrons. The van der Waals surface area contributed by atoms with E-state index in [1.54, 1.807) is 18.2 Å². The number of hydrogen-bond acceptors (Lipinski definition) is 4. The predicted octanol–water partition coefficient (Wildman–Crippen LogP) is 5.67. The van der Waals surface area contributed by atoms with Crippen molar-refractivity contribution in [3.8, 4) is 22.7 Å². The van der Waals surface area contributed by atoms with Gasteiger partial charge in [-0.3, -0.25) is 4.79 Å². The van der Waals surface area contributed by atoms with Gasteiger partial charge in [0.05, 0.1) is 12.0 Å². The number of hydrogen-bond donors (Lipinski definition) is 1. The first kappa shape index (κ1) is 22.8. The topological polar surface area (TPSA) is 63.3 Å². The molecule has 1 atom stereocenters. The molecule has 34 heavy (non-hydrogen) atoms. The van der Waals surface area contributed by atoms with E-state index in [1.807, 2.05) is 12.4 Å². The minimum Gasteiger partial charge on any atom is -0.449 e. The lowest BCUT2D eigenvalue weighted by Crippen LogP contribution is -2.34. The maximum absolute atomic E-state index is 13.5. The fourth-order valence-corrected chi connectivity index (χ4v) is 5.32. The van der Waals surface area contributed by atoms with E-state index in [-0.39, 0.29) is 11.7 Å². The Labute approximate surface area is 200 Å². The van der Waals surface area contributed by atoms with Gasteiger partial charge in [-0.1, -0.05) is 12.8 Å². The van der Waals surface area contributed by atoms with Gasteiger partial charge in [-0.25, -0.2) is 9.37 Å². The Balaban J connectivity index is 1.34. The molecule has 1 N–H and O–H groups in total. The number of nitrogens with one attached hydrogen (secondary N) is 1. The molecular weight excluding hydrogens is 431 g/mol. The fourth-order valence-electron chi connectivity index (χ4n) is 5.32. The molecule has 1 aromatic carbocycles. The van der Waals surface area contributed by atoms with Crippen LogP contribution in [0.15, 0.2) is 47.1 Å². The summed E-state index contributed by atoms with van der Waals surface area (Å²) < 4.78 is 21.8. The van der Waals surface area contributed by atoms with E-state index in [4.69, 9.17) is 4.42 Å². The lowest BCUT2D eigenvalue weighted by atomic mass is 10.1. The number of aromatic nitrogens is 2. The average molecular weight is 465 g/mol. The van der Waals surface area contributed by atoms with Crippen LogP contribution in [-0.4, -0.2) is 46.0 Å². The Hall–Kier alpha value is -2.93. The smallest absolute Gasteiger partial charge is 0.287 e. The zero-order valence-corrected chi connectivity index (χ0v) is 19.8. The summed E-state index contributed by atoms with van der Waals surface area (Å²) >= 11 is 0. The second-order valence-electron chi connectivity index (χ2n) is 9.59. The number of carbonyl (C=O) groups excluding carboxylic acids is 1. The zero-order valence-electron chi connectivity index (χ0n) is 19.8. The highest BCUT2D eigenvalue weighted by Crippen LogP contribution is 2.39. The SMILES string of the molecule is CC(CCNC(=O)c1ccc(-c2c(-c3ccc(F)cc3)ncn2C2CCCC2)o1)N1CCCC1. The molecule has 2 fully saturated rings. The van der Waals surface area contributed by atoms with Gasteiger partial charge in [0.2, 0.25) is 0 Å². The van der Waals surface area contributed by atoms with Crippen molar-refractivity contribution in [2.24, 2.45) is 0 Å². The second-order valence-corrected chi connectivity index (χ2v) is 9.59. The molecule has 1 unspecified atom stereocenters. The third-order valence-electron chi connectivity index (χ3n) is 7.30.